The van der Waals surface area contributed by atoms with E-state index in [1.807, 2.05) is 0 Å². The predicted molar refractivity (Wildman–Crippen MR) is 81.9 cm³/mol. The molecule has 0 aromatic heterocycles. The van der Waals surface area contributed by atoms with E-state index in [2.05, 4.69) is 10.3 Å². The summed E-state index contributed by atoms with van der Waals surface area (Å²) in [7, 11) is 3.07. The van der Waals surface area contributed by atoms with E-state index in [1.165, 1.54) is 7.11 Å². The topological polar surface area (TPSA) is 68.9 Å². The summed E-state index contributed by atoms with van der Waals surface area (Å²) in [6.45, 7) is 0.0269. The summed E-state index contributed by atoms with van der Waals surface area (Å²) >= 11 is 0. The Labute approximate surface area is 128 Å². The molecule has 1 aliphatic rings. The van der Waals surface area contributed by atoms with Crippen LogP contribution in [0.1, 0.15) is 19.3 Å². The molecule has 1 atom stereocenters. The fourth-order valence-corrected chi connectivity index (χ4v) is 2.53. The molecule has 3 N–H and O–H groups in total. The number of halogens is 2. The Morgan fingerprint density at radius 1 is 1.36 bits per heavy atom. The van der Waals surface area contributed by atoms with E-state index in [0.29, 0.717) is 30.0 Å². The number of nitrogens with one attached hydrogen (secondary N) is 1. The first-order chi connectivity index (χ1) is 10.5. The normalized spacial score (nSPS) is 20.7. The van der Waals surface area contributed by atoms with Crippen LogP contribution < -0.4 is 20.5 Å². The predicted octanol–water partition coefficient (Wildman–Crippen LogP) is 2.87. The lowest BCUT2D eigenvalue weighted by Gasteiger charge is -2.17. The van der Waals surface area contributed by atoms with Crippen LogP contribution in [-0.4, -0.2) is 32.6 Å². The molecule has 0 saturated heterocycles. The fourth-order valence-electron chi connectivity index (χ4n) is 2.53. The minimum atomic E-state index is -2.63. The average molecular weight is 313 g/mol. The number of rotatable bonds is 5. The molecular weight excluding hydrogens is 292 g/mol. The number of nitrogens with two attached hydrogens (primary N) is 1. The number of benzene rings is 1. The van der Waals surface area contributed by atoms with Crippen LogP contribution >= 0.6 is 0 Å². The maximum atomic E-state index is 13.5. The van der Waals surface area contributed by atoms with Crippen LogP contribution in [0.5, 0.6) is 11.5 Å². The molecule has 1 saturated carbocycles. The smallest absolute Gasteiger partial charge is 0.252 e. The van der Waals surface area contributed by atoms with Gasteiger partial charge in [0.2, 0.25) is 0 Å². The molecule has 122 valence electrons. The summed E-state index contributed by atoms with van der Waals surface area (Å²) in [4.78, 5) is 4.03. The molecule has 0 radical (unpaired) electrons. The van der Waals surface area contributed by atoms with Crippen molar-refractivity contribution < 1.29 is 18.3 Å². The van der Waals surface area contributed by atoms with Gasteiger partial charge in [0.05, 0.1) is 20.8 Å². The minimum absolute atomic E-state index is 0.0269. The number of guanidine groups is 1. The van der Waals surface area contributed by atoms with Gasteiger partial charge in [0.25, 0.3) is 5.92 Å². The van der Waals surface area contributed by atoms with Gasteiger partial charge in [-0.15, -0.1) is 0 Å². The van der Waals surface area contributed by atoms with Crippen molar-refractivity contribution >= 4 is 11.6 Å². The minimum Gasteiger partial charge on any atom is -0.493 e. The first kappa shape index (κ1) is 16.3. The highest BCUT2D eigenvalue weighted by atomic mass is 19.3. The molecule has 1 aliphatic carbocycles. The van der Waals surface area contributed by atoms with Crippen LogP contribution in [0.15, 0.2) is 23.2 Å². The Morgan fingerprint density at radius 3 is 2.68 bits per heavy atom. The van der Waals surface area contributed by atoms with Crippen molar-refractivity contribution in [2.24, 2.45) is 16.6 Å². The highest BCUT2D eigenvalue weighted by molar-refractivity contribution is 5.92. The van der Waals surface area contributed by atoms with E-state index in [0.717, 1.165) is 0 Å². The largest absolute Gasteiger partial charge is 0.493 e. The lowest BCUT2D eigenvalue weighted by Crippen LogP contribution is -2.28. The van der Waals surface area contributed by atoms with Crippen LogP contribution in [-0.2, 0) is 0 Å². The van der Waals surface area contributed by atoms with E-state index in [4.69, 9.17) is 15.2 Å². The maximum Gasteiger partial charge on any atom is 0.252 e. The Bertz CT molecular complexity index is 550. The first-order valence-electron chi connectivity index (χ1n) is 7.13. The van der Waals surface area contributed by atoms with Crippen molar-refractivity contribution in [2.75, 3.05) is 26.1 Å². The number of hydrogen-bond acceptors (Lipinski definition) is 3. The summed E-state index contributed by atoms with van der Waals surface area (Å²) < 4.78 is 37.3. The van der Waals surface area contributed by atoms with Crippen LogP contribution in [0.25, 0.3) is 0 Å². The van der Waals surface area contributed by atoms with E-state index in [-0.39, 0.29) is 18.9 Å². The zero-order valence-corrected chi connectivity index (χ0v) is 12.7. The van der Waals surface area contributed by atoms with Gasteiger partial charge in [-0.05, 0) is 25.0 Å². The van der Waals surface area contributed by atoms with Gasteiger partial charge in [-0.1, -0.05) is 0 Å². The summed E-state index contributed by atoms with van der Waals surface area (Å²) in [5.41, 5.74) is 6.41. The second kappa shape index (κ2) is 6.81. The highest BCUT2D eigenvalue weighted by Gasteiger charge is 2.43. The Hall–Kier alpha value is -2.05. The lowest BCUT2D eigenvalue weighted by atomic mass is 10.1. The molecule has 2 rings (SSSR count). The van der Waals surface area contributed by atoms with Gasteiger partial charge in [0, 0.05) is 24.1 Å². The molecule has 7 heteroatoms. The van der Waals surface area contributed by atoms with Crippen LogP contribution in [0.3, 0.4) is 0 Å². The summed E-state index contributed by atoms with van der Waals surface area (Å²) in [5.74, 6) is -2.11. The molecule has 0 aliphatic heterocycles. The Kier molecular flexibility index (Phi) is 5.05. The molecule has 1 aromatic carbocycles. The number of methoxy groups -OCH3 is 2. The summed E-state index contributed by atoms with van der Waals surface area (Å²) in [5, 5.41) is 2.87. The average Bonchev–Trinajstić information content (AvgIpc) is 2.83. The number of nitrogens with zero attached hydrogens (tertiary/aromatic N) is 1. The number of ether oxygens (including phenoxy) is 2. The fraction of sp³-hybridized carbons (Fsp3) is 0.533. The molecule has 1 aromatic rings. The number of aliphatic imine (C=N–C) groups is 1. The molecule has 1 fully saturated rings. The Balaban J connectivity index is 1.99. The van der Waals surface area contributed by atoms with Gasteiger partial charge in [0.1, 0.15) is 0 Å². The molecule has 1 unspecified atom stereocenters. The standard InChI is InChI=1S/C15H21F2N3O2/c1-21-12-6-5-11(8-13(12)22-2)20-14(18)19-9-10-4-3-7-15(10,16)17/h5-6,8,10H,3-4,7,9H2,1-2H3,(H3,18,19,20). The molecular formula is C15H21F2N3O2. The third-order valence-corrected chi connectivity index (χ3v) is 3.80. The monoisotopic (exact) mass is 313 g/mol. The molecule has 5 nitrogen and oxygen atoms in total. The third kappa shape index (κ3) is 3.78. The molecule has 0 spiro atoms. The Morgan fingerprint density at radius 2 is 2.09 bits per heavy atom. The zero-order valence-electron chi connectivity index (χ0n) is 12.7. The van der Waals surface area contributed by atoms with E-state index in [1.54, 1.807) is 25.3 Å². The van der Waals surface area contributed by atoms with Gasteiger partial charge in [-0.3, -0.25) is 4.99 Å². The van der Waals surface area contributed by atoms with Gasteiger partial charge < -0.3 is 20.5 Å². The summed E-state index contributed by atoms with van der Waals surface area (Å²) in [6.07, 6.45) is 0.965. The second-order valence-electron chi connectivity index (χ2n) is 5.27. The number of anilines is 1. The van der Waals surface area contributed by atoms with E-state index >= 15 is 0 Å². The molecule has 0 amide bonds. The van der Waals surface area contributed by atoms with Crippen molar-refractivity contribution in [3.8, 4) is 11.5 Å². The van der Waals surface area contributed by atoms with Gasteiger partial charge in [-0.25, -0.2) is 8.78 Å². The van der Waals surface area contributed by atoms with E-state index < -0.39 is 11.8 Å². The van der Waals surface area contributed by atoms with Crippen molar-refractivity contribution in [3.63, 3.8) is 0 Å². The third-order valence-electron chi connectivity index (χ3n) is 3.80. The second-order valence-corrected chi connectivity index (χ2v) is 5.27. The zero-order chi connectivity index (χ0) is 16.2. The van der Waals surface area contributed by atoms with Gasteiger partial charge >= 0.3 is 0 Å². The number of alkyl halides is 2. The van der Waals surface area contributed by atoms with Crippen LogP contribution in [0.2, 0.25) is 0 Å². The van der Waals surface area contributed by atoms with Crippen molar-refractivity contribution in [3.05, 3.63) is 18.2 Å². The van der Waals surface area contributed by atoms with Crippen molar-refractivity contribution in [2.45, 2.75) is 25.2 Å². The van der Waals surface area contributed by atoms with Gasteiger partial charge in [-0.2, -0.15) is 0 Å². The molecule has 0 bridgehead atoms. The van der Waals surface area contributed by atoms with Crippen molar-refractivity contribution in [1.29, 1.82) is 0 Å². The van der Waals surface area contributed by atoms with Crippen LogP contribution in [0.4, 0.5) is 14.5 Å². The highest BCUT2D eigenvalue weighted by Crippen LogP contribution is 2.40. The quantitative estimate of drug-likeness (QED) is 0.648. The molecule has 0 heterocycles. The van der Waals surface area contributed by atoms with Gasteiger partial charge in [0.15, 0.2) is 17.5 Å². The SMILES string of the molecule is COc1ccc(NC(N)=NCC2CCCC2(F)F)cc1OC. The first-order valence-corrected chi connectivity index (χ1v) is 7.13. The maximum absolute atomic E-state index is 13.5. The molecule has 22 heavy (non-hydrogen) atoms. The van der Waals surface area contributed by atoms with Crippen LogP contribution in [0, 0.1) is 5.92 Å². The summed E-state index contributed by atoms with van der Waals surface area (Å²) in [6, 6.07) is 5.17. The lowest BCUT2D eigenvalue weighted by molar-refractivity contribution is -0.0329. The number of hydrogen-bond donors (Lipinski definition) is 2. The van der Waals surface area contributed by atoms with E-state index in [9.17, 15) is 8.78 Å². The van der Waals surface area contributed by atoms with Crippen molar-refractivity contribution in [1.82, 2.24) is 0 Å².